The minimum absolute atomic E-state index is 0.0635. The lowest BCUT2D eigenvalue weighted by atomic mass is 10.2. The third-order valence-electron chi connectivity index (χ3n) is 1.83. The molecular weight excluding hydrogens is 200 g/mol. The molecule has 0 bridgehead atoms. The molecule has 0 aliphatic carbocycles. The van der Waals surface area contributed by atoms with Crippen LogP contribution in [-0.4, -0.2) is 20.5 Å². The molecule has 0 radical (unpaired) electrons. The van der Waals surface area contributed by atoms with Crippen LogP contribution in [0.5, 0.6) is 0 Å². The van der Waals surface area contributed by atoms with E-state index >= 15 is 0 Å². The van der Waals surface area contributed by atoms with E-state index in [2.05, 4.69) is 0 Å². The average molecular weight is 212 g/mol. The summed E-state index contributed by atoms with van der Waals surface area (Å²) in [5.74, 6) is -0.465. The summed E-state index contributed by atoms with van der Waals surface area (Å²) in [6, 6.07) is 7.23. The van der Waals surface area contributed by atoms with Gasteiger partial charge in [0, 0.05) is 0 Å². The predicted molar refractivity (Wildman–Crippen MR) is 54.7 cm³/mol. The molecule has 0 unspecified atom stereocenters. The molecule has 1 aromatic rings. The summed E-state index contributed by atoms with van der Waals surface area (Å²) in [6.45, 7) is 1.93. The second-order valence-electron chi connectivity index (χ2n) is 3.21. The molecule has 0 atom stereocenters. The quantitative estimate of drug-likeness (QED) is 0.702. The van der Waals surface area contributed by atoms with E-state index in [4.69, 9.17) is 0 Å². The number of hydrogen-bond acceptors (Lipinski definition) is 3. The molecule has 1 aromatic carbocycles. The van der Waals surface area contributed by atoms with Crippen molar-refractivity contribution in [1.29, 1.82) is 0 Å². The van der Waals surface area contributed by atoms with E-state index in [1.54, 1.807) is 12.1 Å². The second kappa shape index (κ2) is 4.37. The van der Waals surface area contributed by atoms with Gasteiger partial charge in [-0.1, -0.05) is 29.8 Å². The third-order valence-corrected chi connectivity index (χ3v) is 3.25. The van der Waals surface area contributed by atoms with Crippen molar-refractivity contribution in [2.24, 2.45) is 0 Å². The van der Waals surface area contributed by atoms with E-state index in [9.17, 15) is 13.2 Å². The Balaban J connectivity index is 2.79. The van der Waals surface area contributed by atoms with Crippen LogP contribution in [-0.2, 0) is 20.4 Å². The van der Waals surface area contributed by atoms with Crippen molar-refractivity contribution in [3.8, 4) is 0 Å². The lowest BCUT2D eigenvalue weighted by molar-refractivity contribution is -0.105. The van der Waals surface area contributed by atoms with Gasteiger partial charge >= 0.3 is 0 Å². The highest BCUT2D eigenvalue weighted by atomic mass is 32.2. The first-order valence-corrected chi connectivity index (χ1v) is 6.05. The van der Waals surface area contributed by atoms with Crippen LogP contribution in [0.2, 0.25) is 0 Å². The van der Waals surface area contributed by atoms with E-state index < -0.39 is 15.6 Å². The summed E-state index contributed by atoms with van der Waals surface area (Å²) in [5.41, 5.74) is 1.80. The standard InChI is InChI=1S/C10H12O3S/c1-9-2-4-10(5-3-9)8-14(12,13)7-6-11/h2-6H,7-8H2,1H3. The molecule has 1 rings (SSSR count). The molecular formula is C10H12O3S. The fourth-order valence-corrected chi connectivity index (χ4v) is 2.13. The Hall–Kier alpha value is -1.16. The molecule has 14 heavy (non-hydrogen) atoms. The highest BCUT2D eigenvalue weighted by molar-refractivity contribution is 7.91. The topological polar surface area (TPSA) is 51.2 Å². The first kappa shape index (κ1) is 10.9. The summed E-state index contributed by atoms with van der Waals surface area (Å²) in [4.78, 5) is 10.1. The lowest BCUT2D eigenvalue weighted by Crippen LogP contribution is -2.09. The molecule has 0 fully saturated rings. The van der Waals surface area contributed by atoms with Gasteiger partial charge in [-0.2, -0.15) is 0 Å². The molecule has 0 saturated heterocycles. The number of carbonyl (C=O) groups is 1. The van der Waals surface area contributed by atoms with Crippen LogP contribution < -0.4 is 0 Å². The van der Waals surface area contributed by atoms with E-state index in [0.29, 0.717) is 6.29 Å². The first-order chi connectivity index (χ1) is 6.53. The van der Waals surface area contributed by atoms with Crippen molar-refractivity contribution in [3.05, 3.63) is 35.4 Å². The van der Waals surface area contributed by atoms with Crippen molar-refractivity contribution in [3.63, 3.8) is 0 Å². The number of aryl methyl sites for hydroxylation is 1. The monoisotopic (exact) mass is 212 g/mol. The Bertz CT molecular complexity index is 403. The number of rotatable bonds is 4. The molecule has 0 aliphatic rings. The molecule has 0 aliphatic heterocycles. The lowest BCUT2D eigenvalue weighted by Gasteiger charge is -2.01. The molecule has 4 heteroatoms. The Morgan fingerprint density at radius 3 is 2.29 bits per heavy atom. The zero-order valence-corrected chi connectivity index (χ0v) is 8.75. The first-order valence-electron chi connectivity index (χ1n) is 4.23. The predicted octanol–water partition coefficient (Wildman–Crippen LogP) is 1.11. The van der Waals surface area contributed by atoms with Crippen LogP contribution in [0, 0.1) is 6.92 Å². The van der Waals surface area contributed by atoms with E-state index in [-0.39, 0.29) is 5.75 Å². The van der Waals surface area contributed by atoms with Gasteiger partial charge in [0.15, 0.2) is 9.84 Å². The number of benzene rings is 1. The molecule has 76 valence electrons. The zero-order valence-electron chi connectivity index (χ0n) is 7.93. The maximum atomic E-state index is 11.3. The normalized spacial score (nSPS) is 11.2. The van der Waals surface area contributed by atoms with Crippen molar-refractivity contribution >= 4 is 16.1 Å². The third kappa shape index (κ3) is 3.30. The SMILES string of the molecule is Cc1ccc(CS(=O)(=O)CC=O)cc1. The van der Waals surface area contributed by atoms with Crippen LogP contribution >= 0.6 is 0 Å². The maximum absolute atomic E-state index is 11.3. The summed E-state index contributed by atoms with van der Waals surface area (Å²) >= 11 is 0. The fraction of sp³-hybridized carbons (Fsp3) is 0.300. The minimum Gasteiger partial charge on any atom is -0.302 e. The van der Waals surface area contributed by atoms with Crippen molar-refractivity contribution in [2.75, 3.05) is 5.75 Å². The Morgan fingerprint density at radius 1 is 1.21 bits per heavy atom. The summed E-state index contributed by atoms with van der Waals surface area (Å²) in [5, 5.41) is 0. The number of sulfone groups is 1. The van der Waals surface area contributed by atoms with Crippen molar-refractivity contribution < 1.29 is 13.2 Å². The largest absolute Gasteiger partial charge is 0.302 e. The molecule has 0 spiro atoms. The van der Waals surface area contributed by atoms with Gasteiger partial charge in [-0.05, 0) is 12.5 Å². The van der Waals surface area contributed by atoms with Gasteiger partial charge in [-0.15, -0.1) is 0 Å². The summed E-state index contributed by atoms with van der Waals surface area (Å²) in [6.07, 6.45) is 0.420. The van der Waals surface area contributed by atoms with Gasteiger partial charge in [0.1, 0.15) is 12.0 Å². The van der Waals surface area contributed by atoms with Gasteiger partial charge in [0.2, 0.25) is 0 Å². The molecule has 3 nitrogen and oxygen atoms in total. The molecule has 0 heterocycles. The minimum atomic E-state index is -3.27. The number of carbonyl (C=O) groups excluding carboxylic acids is 1. The van der Waals surface area contributed by atoms with Crippen LogP contribution in [0.1, 0.15) is 11.1 Å². The van der Waals surface area contributed by atoms with Gasteiger partial charge in [0.05, 0.1) is 5.75 Å². The van der Waals surface area contributed by atoms with Crippen molar-refractivity contribution in [2.45, 2.75) is 12.7 Å². The number of aldehydes is 1. The zero-order chi connectivity index (χ0) is 10.6. The maximum Gasteiger partial charge on any atom is 0.161 e. The summed E-state index contributed by atoms with van der Waals surface area (Å²) < 4.78 is 22.5. The highest BCUT2D eigenvalue weighted by Gasteiger charge is 2.10. The Labute approximate surface area is 83.7 Å². The molecule has 0 aromatic heterocycles. The Morgan fingerprint density at radius 2 is 1.79 bits per heavy atom. The van der Waals surface area contributed by atoms with Crippen molar-refractivity contribution in [1.82, 2.24) is 0 Å². The van der Waals surface area contributed by atoms with Gasteiger partial charge in [-0.3, -0.25) is 0 Å². The van der Waals surface area contributed by atoms with Gasteiger partial charge in [-0.25, -0.2) is 8.42 Å². The number of hydrogen-bond donors (Lipinski definition) is 0. The van der Waals surface area contributed by atoms with Crippen LogP contribution in [0.3, 0.4) is 0 Å². The van der Waals surface area contributed by atoms with E-state index in [0.717, 1.165) is 11.1 Å². The van der Waals surface area contributed by atoms with Crippen LogP contribution in [0.25, 0.3) is 0 Å². The highest BCUT2D eigenvalue weighted by Crippen LogP contribution is 2.07. The molecule has 0 N–H and O–H groups in total. The van der Waals surface area contributed by atoms with Crippen LogP contribution in [0.4, 0.5) is 0 Å². The van der Waals surface area contributed by atoms with Crippen LogP contribution in [0.15, 0.2) is 24.3 Å². The van der Waals surface area contributed by atoms with E-state index in [1.807, 2.05) is 19.1 Å². The summed E-state index contributed by atoms with van der Waals surface area (Å²) in [7, 11) is -3.27. The van der Waals surface area contributed by atoms with Gasteiger partial charge < -0.3 is 4.79 Å². The van der Waals surface area contributed by atoms with Gasteiger partial charge in [0.25, 0.3) is 0 Å². The average Bonchev–Trinajstić information content (AvgIpc) is 2.08. The molecule has 0 amide bonds. The van der Waals surface area contributed by atoms with E-state index in [1.165, 1.54) is 0 Å². The Kier molecular flexibility index (Phi) is 3.41. The molecule has 0 saturated carbocycles. The smallest absolute Gasteiger partial charge is 0.161 e. The fourth-order valence-electron chi connectivity index (χ4n) is 1.10. The second-order valence-corrected chi connectivity index (χ2v) is 5.32.